The van der Waals surface area contributed by atoms with Crippen LogP contribution in [0.5, 0.6) is 11.5 Å². The molecule has 1 aliphatic rings. The van der Waals surface area contributed by atoms with Crippen LogP contribution < -0.4 is 20.1 Å². The molecule has 1 aromatic rings. The predicted molar refractivity (Wildman–Crippen MR) is 128 cm³/mol. The third kappa shape index (κ3) is 8.55. The van der Waals surface area contributed by atoms with Crippen molar-refractivity contribution >= 4 is 40.7 Å². The van der Waals surface area contributed by atoms with Crippen molar-refractivity contribution in [2.75, 3.05) is 33.1 Å². The van der Waals surface area contributed by atoms with Gasteiger partial charge in [-0.1, -0.05) is 19.4 Å². The molecule has 6 nitrogen and oxygen atoms in total. The highest BCUT2D eigenvalue weighted by molar-refractivity contribution is 14.0. The smallest absolute Gasteiger partial charge is 0.191 e. The van der Waals surface area contributed by atoms with Gasteiger partial charge in [-0.05, 0) is 37.8 Å². The number of hydrogen-bond acceptors (Lipinski definition) is 4. The Balaban J connectivity index is 0.00000392. The Morgan fingerprint density at radius 3 is 2.82 bits per heavy atom. The molecule has 28 heavy (non-hydrogen) atoms. The number of methoxy groups -OCH3 is 1. The summed E-state index contributed by atoms with van der Waals surface area (Å²) in [4.78, 5) is 4.31. The third-order valence-electron chi connectivity index (χ3n) is 4.77. The number of aliphatic imine (C=N–C) groups is 1. The SMILES string of the molecule is CCS(=O)C1CCCC(NC(=NC)NCCCOc2cccc(OC)c2)C1.I. The number of guanidine groups is 1. The van der Waals surface area contributed by atoms with E-state index in [1.807, 2.05) is 31.2 Å². The van der Waals surface area contributed by atoms with E-state index in [1.54, 1.807) is 14.2 Å². The Kier molecular flexibility index (Phi) is 12.5. The molecule has 0 bridgehead atoms. The first-order valence-electron chi connectivity index (χ1n) is 9.77. The standard InChI is InChI=1S/C20H33N3O3S.HI/c1-4-27(24)19-11-5-8-16(14-19)23-20(21-2)22-12-7-13-26-18-10-6-9-17(15-18)25-3;/h6,9-10,15-16,19H,4-5,7-8,11-14H2,1-3H3,(H2,21,22,23);1H. The van der Waals surface area contributed by atoms with E-state index in [2.05, 4.69) is 15.6 Å². The van der Waals surface area contributed by atoms with Gasteiger partial charge in [0.05, 0.1) is 13.7 Å². The minimum Gasteiger partial charge on any atom is -0.497 e. The molecule has 0 amide bonds. The van der Waals surface area contributed by atoms with Gasteiger partial charge in [0.15, 0.2) is 5.96 Å². The molecule has 0 radical (unpaired) electrons. The van der Waals surface area contributed by atoms with Crippen molar-refractivity contribution in [1.29, 1.82) is 0 Å². The number of ether oxygens (including phenoxy) is 2. The average molecular weight is 523 g/mol. The molecular formula is C20H34IN3O3S. The van der Waals surface area contributed by atoms with Gasteiger partial charge in [0.1, 0.15) is 11.5 Å². The van der Waals surface area contributed by atoms with Crippen molar-refractivity contribution in [3.8, 4) is 11.5 Å². The zero-order valence-corrected chi connectivity index (χ0v) is 20.3. The predicted octanol–water partition coefficient (Wildman–Crippen LogP) is 3.33. The molecule has 0 aliphatic heterocycles. The number of halogens is 1. The van der Waals surface area contributed by atoms with Crippen LogP contribution in [0.25, 0.3) is 0 Å². The molecule has 2 N–H and O–H groups in total. The summed E-state index contributed by atoms with van der Waals surface area (Å²) in [6.45, 7) is 3.40. The molecule has 160 valence electrons. The first kappa shape index (κ1) is 25.0. The molecule has 3 unspecified atom stereocenters. The first-order chi connectivity index (χ1) is 13.2. The summed E-state index contributed by atoms with van der Waals surface area (Å²) in [5.74, 6) is 3.17. The normalized spacial score (nSPS) is 20.6. The average Bonchev–Trinajstić information content (AvgIpc) is 2.72. The zero-order chi connectivity index (χ0) is 19.5. The Morgan fingerprint density at radius 1 is 1.32 bits per heavy atom. The van der Waals surface area contributed by atoms with E-state index in [1.165, 1.54) is 0 Å². The zero-order valence-electron chi connectivity index (χ0n) is 17.1. The van der Waals surface area contributed by atoms with Crippen LogP contribution in [-0.2, 0) is 10.8 Å². The summed E-state index contributed by atoms with van der Waals surface area (Å²) in [6, 6.07) is 7.97. The van der Waals surface area contributed by atoms with Gasteiger partial charge >= 0.3 is 0 Å². The highest BCUT2D eigenvalue weighted by Crippen LogP contribution is 2.23. The van der Waals surface area contributed by atoms with Crippen LogP contribution in [0.15, 0.2) is 29.3 Å². The number of hydrogen-bond donors (Lipinski definition) is 2. The van der Waals surface area contributed by atoms with Gasteiger partial charge in [0.25, 0.3) is 0 Å². The molecule has 0 spiro atoms. The quantitative estimate of drug-likeness (QED) is 0.225. The molecule has 0 aromatic heterocycles. The van der Waals surface area contributed by atoms with E-state index in [9.17, 15) is 4.21 Å². The van der Waals surface area contributed by atoms with Gasteiger partial charge in [-0.2, -0.15) is 0 Å². The van der Waals surface area contributed by atoms with Crippen LogP contribution in [-0.4, -0.2) is 54.5 Å². The molecule has 8 heteroatoms. The molecule has 3 atom stereocenters. The fourth-order valence-corrected chi connectivity index (χ4v) is 4.65. The molecule has 0 saturated heterocycles. The Morgan fingerprint density at radius 2 is 2.11 bits per heavy atom. The highest BCUT2D eigenvalue weighted by atomic mass is 127. The maximum atomic E-state index is 12.1. The number of nitrogens with one attached hydrogen (secondary N) is 2. The van der Waals surface area contributed by atoms with E-state index in [0.29, 0.717) is 17.9 Å². The molecule has 1 saturated carbocycles. The lowest BCUT2D eigenvalue weighted by Gasteiger charge is -2.30. The largest absolute Gasteiger partial charge is 0.497 e. The molecule has 1 fully saturated rings. The monoisotopic (exact) mass is 523 g/mol. The molecule has 0 heterocycles. The van der Waals surface area contributed by atoms with Crippen LogP contribution in [0.3, 0.4) is 0 Å². The van der Waals surface area contributed by atoms with Crippen molar-refractivity contribution in [2.45, 2.75) is 50.3 Å². The fraction of sp³-hybridized carbons (Fsp3) is 0.650. The summed E-state index contributed by atoms with van der Waals surface area (Å²) in [5, 5.41) is 7.14. The van der Waals surface area contributed by atoms with E-state index in [0.717, 1.165) is 61.9 Å². The summed E-state index contributed by atoms with van der Waals surface area (Å²) in [6.07, 6.45) is 5.13. The minimum absolute atomic E-state index is 0. The van der Waals surface area contributed by atoms with E-state index in [-0.39, 0.29) is 24.0 Å². The summed E-state index contributed by atoms with van der Waals surface area (Å²) < 4.78 is 23.0. The molecule has 1 aliphatic carbocycles. The fourth-order valence-electron chi connectivity index (χ4n) is 3.30. The second kappa shape index (κ2) is 14.0. The minimum atomic E-state index is -0.705. The van der Waals surface area contributed by atoms with Crippen LogP contribution in [0.2, 0.25) is 0 Å². The first-order valence-corrected chi connectivity index (χ1v) is 11.2. The maximum Gasteiger partial charge on any atom is 0.191 e. The van der Waals surface area contributed by atoms with Gasteiger partial charge < -0.3 is 20.1 Å². The van der Waals surface area contributed by atoms with Crippen molar-refractivity contribution in [3.63, 3.8) is 0 Å². The lowest BCUT2D eigenvalue weighted by molar-refractivity contribution is 0.308. The topological polar surface area (TPSA) is 72.0 Å². The van der Waals surface area contributed by atoms with Crippen molar-refractivity contribution < 1.29 is 13.7 Å². The Bertz CT molecular complexity index is 630. The second-order valence-electron chi connectivity index (χ2n) is 6.68. The Hall–Kier alpha value is -1.03. The molecular weight excluding hydrogens is 489 g/mol. The van der Waals surface area contributed by atoms with Crippen LogP contribution in [0.1, 0.15) is 39.0 Å². The lowest BCUT2D eigenvalue weighted by atomic mass is 9.95. The molecule has 1 aromatic carbocycles. The van der Waals surface area contributed by atoms with Crippen molar-refractivity contribution in [2.24, 2.45) is 4.99 Å². The lowest BCUT2D eigenvalue weighted by Crippen LogP contribution is -2.47. The molecule has 2 rings (SSSR count). The van der Waals surface area contributed by atoms with Gasteiger partial charge in [-0.25, -0.2) is 0 Å². The number of rotatable bonds is 9. The summed E-state index contributed by atoms with van der Waals surface area (Å²) >= 11 is 0. The van der Waals surface area contributed by atoms with Gasteiger partial charge in [0.2, 0.25) is 0 Å². The van der Waals surface area contributed by atoms with Crippen LogP contribution in [0, 0.1) is 0 Å². The van der Waals surface area contributed by atoms with E-state index < -0.39 is 10.8 Å². The van der Waals surface area contributed by atoms with E-state index >= 15 is 0 Å². The summed E-state index contributed by atoms with van der Waals surface area (Å²) in [5.41, 5.74) is 0. The van der Waals surface area contributed by atoms with Gasteiger partial charge in [-0.3, -0.25) is 9.20 Å². The van der Waals surface area contributed by atoms with Crippen LogP contribution >= 0.6 is 24.0 Å². The summed E-state index contributed by atoms with van der Waals surface area (Å²) in [7, 11) is 2.73. The highest BCUT2D eigenvalue weighted by Gasteiger charge is 2.25. The third-order valence-corrected chi connectivity index (χ3v) is 6.51. The van der Waals surface area contributed by atoms with Crippen molar-refractivity contribution in [3.05, 3.63) is 24.3 Å². The maximum absolute atomic E-state index is 12.1. The Labute approximate surface area is 188 Å². The van der Waals surface area contributed by atoms with Crippen LogP contribution in [0.4, 0.5) is 0 Å². The number of benzene rings is 1. The van der Waals surface area contributed by atoms with Gasteiger partial charge in [0, 0.05) is 47.5 Å². The van der Waals surface area contributed by atoms with Crippen molar-refractivity contribution in [1.82, 2.24) is 10.6 Å². The second-order valence-corrected chi connectivity index (χ2v) is 8.68. The number of nitrogens with zero attached hydrogens (tertiary/aromatic N) is 1. The van der Waals surface area contributed by atoms with Gasteiger partial charge in [-0.15, -0.1) is 24.0 Å². The van der Waals surface area contributed by atoms with E-state index in [4.69, 9.17) is 9.47 Å².